The van der Waals surface area contributed by atoms with E-state index in [1.807, 2.05) is 12.1 Å². The summed E-state index contributed by atoms with van der Waals surface area (Å²) in [5, 5.41) is 0.804. The first-order chi connectivity index (χ1) is 11.4. The smallest absolute Gasteiger partial charge is 0.0481 e. The topological polar surface area (TPSA) is 6.48 Å². The van der Waals surface area contributed by atoms with Gasteiger partial charge in [0.25, 0.3) is 0 Å². The molecule has 0 saturated carbocycles. The van der Waals surface area contributed by atoms with E-state index >= 15 is 0 Å². The standard InChI is InChI=1S/C21H27ClN2/c1-21(2,3)24-14-13-23(15-17-7-5-4-6-8-17)16-20(24)18-9-11-19(22)12-10-18/h4-12,20H,13-16H2,1-3H3/t20-/m0/s1. The molecule has 2 aromatic carbocycles. The maximum Gasteiger partial charge on any atom is 0.0481 e. The van der Waals surface area contributed by atoms with E-state index in [9.17, 15) is 0 Å². The average Bonchev–Trinajstić information content (AvgIpc) is 2.55. The molecule has 1 atom stereocenters. The van der Waals surface area contributed by atoms with Crippen molar-refractivity contribution in [1.82, 2.24) is 9.80 Å². The Morgan fingerprint density at radius 3 is 2.25 bits per heavy atom. The minimum atomic E-state index is 0.156. The molecule has 24 heavy (non-hydrogen) atoms. The molecule has 0 unspecified atom stereocenters. The van der Waals surface area contributed by atoms with Gasteiger partial charge in [0.15, 0.2) is 0 Å². The third kappa shape index (κ3) is 4.18. The Bertz CT molecular complexity index is 646. The van der Waals surface area contributed by atoms with Crippen molar-refractivity contribution in [3.05, 3.63) is 70.7 Å². The lowest BCUT2D eigenvalue weighted by Crippen LogP contribution is -2.54. The third-order valence-corrected chi connectivity index (χ3v) is 5.08. The second-order valence-corrected chi connectivity index (χ2v) is 8.09. The van der Waals surface area contributed by atoms with Crippen molar-refractivity contribution in [2.24, 2.45) is 0 Å². The number of hydrogen-bond donors (Lipinski definition) is 0. The van der Waals surface area contributed by atoms with Crippen LogP contribution in [0.25, 0.3) is 0 Å². The molecule has 0 radical (unpaired) electrons. The minimum absolute atomic E-state index is 0.156. The summed E-state index contributed by atoms with van der Waals surface area (Å²) in [6, 6.07) is 19.5. The molecular weight excluding hydrogens is 316 g/mol. The molecule has 3 heteroatoms. The molecule has 0 bridgehead atoms. The quantitative estimate of drug-likeness (QED) is 0.774. The fourth-order valence-corrected chi connectivity index (χ4v) is 3.72. The summed E-state index contributed by atoms with van der Waals surface area (Å²) in [6.07, 6.45) is 0. The van der Waals surface area contributed by atoms with Gasteiger partial charge in [-0.05, 0) is 44.0 Å². The predicted octanol–water partition coefficient (Wildman–Crippen LogP) is 5.00. The van der Waals surface area contributed by atoms with Crippen LogP contribution < -0.4 is 0 Å². The number of halogens is 1. The van der Waals surface area contributed by atoms with Crippen LogP contribution in [-0.4, -0.2) is 35.0 Å². The molecule has 1 aliphatic heterocycles. The fraction of sp³-hybridized carbons (Fsp3) is 0.429. The van der Waals surface area contributed by atoms with Gasteiger partial charge in [0.05, 0.1) is 0 Å². The van der Waals surface area contributed by atoms with Gasteiger partial charge in [0.2, 0.25) is 0 Å². The van der Waals surface area contributed by atoms with Crippen LogP contribution in [0.5, 0.6) is 0 Å². The minimum Gasteiger partial charge on any atom is -0.296 e. The van der Waals surface area contributed by atoms with E-state index in [1.54, 1.807) is 0 Å². The van der Waals surface area contributed by atoms with Gasteiger partial charge in [0.1, 0.15) is 0 Å². The van der Waals surface area contributed by atoms with Crippen molar-refractivity contribution >= 4 is 11.6 Å². The number of rotatable bonds is 3. The fourth-order valence-electron chi connectivity index (χ4n) is 3.60. The van der Waals surface area contributed by atoms with Crippen LogP contribution in [0.1, 0.15) is 37.9 Å². The van der Waals surface area contributed by atoms with E-state index in [2.05, 4.69) is 73.0 Å². The SMILES string of the molecule is CC(C)(C)N1CCN(Cc2ccccc2)C[C@H]1c1ccc(Cl)cc1. The van der Waals surface area contributed by atoms with Crippen LogP contribution in [-0.2, 0) is 6.54 Å². The van der Waals surface area contributed by atoms with E-state index in [1.165, 1.54) is 11.1 Å². The summed E-state index contributed by atoms with van der Waals surface area (Å²) in [7, 11) is 0. The molecule has 128 valence electrons. The molecule has 0 aliphatic carbocycles. The van der Waals surface area contributed by atoms with E-state index in [-0.39, 0.29) is 5.54 Å². The highest BCUT2D eigenvalue weighted by atomic mass is 35.5. The number of hydrogen-bond acceptors (Lipinski definition) is 2. The molecule has 0 amide bonds. The Kier molecular flexibility index (Phi) is 5.29. The van der Waals surface area contributed by atoms with Gasteiger partial charge in [-0.15, -0.1) is 0 Å². The van der Waals surface area contributed by atoms with Crippen LogP contribution in [0, 0.1) is 0 Å². The maximum absolute atomic E-state index is 6.09. The van der Waals surface area contributed by atoms with Crippen LogP contribution >= 0.6 is 11.6 Å². The lowest BCUT2D eigenvalue weighted by Gasteiger charge is -2.48. The summed E-state index contributed by atoms with van der Waals surface area (Å²) < 4.78 is 0. The second-order valence-electron chi connectivity index (χ2n) is 7.65. The van der Waals surface area contributed by atoms with Crippen LogP contribution in [0.2, 0.25) is 5.02 Å². The second kappa shape index (κ2) is 7.26. The molecule has 3 rings (SSSR count). The van der Waals surface area contributed by atoms with Crippen LogP contribution in [0.4, 0.5) is 0 Å². The zero-order valence-electron chi connectivity index (χ0n) is 14.9. The monoisotopic (exact) mass is 342 g/mol. The Morgan fingerprint density at radius 2 is 1.62 bits per heavy atom. The summed E-state index contributed by atoms with van der Waals surface area (Å²) in [5.74, 6) is 0. The van der Waals surface area contributed by atoms with Crippen molar-refractivity contribution in [1.29, 1.82) is 0 Å². The van der Waals surface area contributed by atoms with Gasteiger partial charge in [-0.2, -0.15) is 0 Å². The molecule has 0 N–H and O–H groups in total. The molecule has 0 spiro atoms. The Morgan fingerprint density at radius 1 is 0.958 bits per heavy atom. The van der Waals surface area contributed by atoms with E-state index in [0.717, 1.165) is 31.2 Å². The van der Waals surface area contributed by atoms with Gasteiger partial charge in [-0.25, -0.2) is 0 Å². The molecule has 1 aliphatic rings. The zero-order valence-corrected chi connectivity index (χ0v) is 15.6. The molecule has 2 nitrogen and oxygen atoms in total. The van der Waals surface area contributed by atoms with E-state index in [0.29, 0.717) is 6.04 Å². The Labute approximate surface area is 151 Å². The first-order valence-corrected chi connectivity index (χ1v) is 9.10. The first-order valence-electron chi connectivity index (χ1n) is 8.72. The molecule has 1 saturated heterocycles. The highest BCUT2D eigenvalue weighted by Gasteiger charge is 2.34. The highest BCUT2D eigenvalue weighted by molar-refractivity contribution is 6.30. The van der Waals surface area contributed by atoms with E-state index in [4.69, 9.17) is 11.6 Å². The largest absolute Gasteiger partial charge is 0.296 e. The highest BCUT2D eigenvalue weighted by Crippen LogP contribution is 2.32. The van der Waals surface area contributed by atoms with Gasteiger partial charge in [-0.3, -0.25) is 9.80 Å². The summed E-state index contributed by atoms with van der Waals surface area (Å²) in [6.45, 7) is 11.2. The van der Waals surface area contributed by atoms with Crippen LogP contribution in [0.3, 0.4) is 0 Å². The summed E-state index contributed by atoms with van der Waals surface area (Å²) in [5.41, 5.74) is 2.90. The zero-order chi connectivity index (χ0) is 17.2. The van der Waals surface area contributed by atoms with Crippen molar-refractivity contribution in [2.75, 3.05) is 19.6 Å². The lowest BCUT2D eigenvalue weighted by molar-refractivity contribution is 0.00598. The van der Waals surface area contributed by atoms with Crippen molar-refractivity contribution in [2.45, 2.75) is 38.9 Å². The summed E-state index contributed by atoms with van der Waals surface area (Å²) in [4.78, 5) is 5.19. The average molecular weight is 343 g/mol. The molecule has 1 fully saturated rings. The molecule has 0 aromatic heterocycles. The maximum atomic E-state index is 6.09. The van der Waals surface area contributed by atoms with Crippen molar-refractivity contribution < 1.29 is 0 Å². The number of benzene rings is 2. The van der Waals surface area contributed by atoms with Gasteiger partial charge >= 0.3 is 0 Å². The molecule has 2 aromatic rings. The lowest BCUT2D eigenvalue weighted by atomic mass is 9.95. The Hall–Kier alpha value is -1.35. The first kappa shape index (κ1) is 17.5. The van der Waals surface area contributed by atoms with Crippen molar-refractivity contribution in [3.63, 3.8) is 0 Å². The van der Waals surface area contributed by atoms with E-state index < -0.39 is 0 Å². The molecule has 1 heterocycles. The van der Waals surface area contributed by atoms with Crippen molar-refractivity contribution in [3.8, 4) is 0 Å². The van der Waals surface area contributed by atoms with Gasteiger partial charge in [-0.1, -0.05) is 54.1 Å². The van der Waals surface area contributed by atoms with Gasteiger partial charge < -0.3 is 0 Å². The molecular formula is C21H27ClN2. The number of piperazine rings is 1. The number of nitrogens with zero attached hydrogens (tertiary/aromatic N) is 2. The third-order valence-electron chi connectivity index (χ3n) is 4.83. The Balaban J connectivity index is 1.80. The normalized spacial score (nSPS) is 20.2. The van der Waals surface area contributed by atoms with Crippen LogP contribution in [0.15, 0.2) is 54.6 Å². The van der Waals surface area contributed by atoms with Gasteiger partial charge in [0, 0.05) is 42.8 Å². The summed E-state index contributed by atoms with van der Waals surface area (Å²) >= 11 is 6.09. The predicted molar refractivity (Wildman–Crippen MR) is 102 cm³/mol.